The van der Waals surface area contributed by atoms with Crippen LogP contribution in [0.25, 0.3) is 0 Å². The minimum Gasteiger partial charge on any atom is -0.495 e. The fraction of sp³-hybridized carbons (Fsp3) is 0.130. The number of rotatable bonds is 8. The third-order valence-corrected chi connectivity index (χ3v) is 7.44. The van der Waals surface area contributed by atoms with Crippen molar-refractivity contribution in [3.8, 4) is 5.75 Å². The van der Waals surface area contributed by atoms with Crippen molar-refractivity contribution in [3.05, 3.63) is 86.9 Å². The summed E-state index contributed by atoms with van der Waals surface area (Å²) in [6, 6.07) is 15.6. The molecular formula is C23H20Cl3N3O4S. The van der Waals surface area contributed by atoms with Gasteiger partial charge in [0.1, 0.15) is 12.3 Å². The summed E-state index contributed by atoms with van der Waals surface area (Å²) in [6.45, 7) is 1.28. The van der Waals surface area contributed by atoms with Crippen LogP contribution in [0.15, 0.2) is 70.7 Å². The molecule has 34 heavy (non-hydrogen) atoms. The lowest BCUT2D eigenvalue weighted by Gasteiger charge is -2.24. The van der Waals surface area contributed by atoms with Gasteiger partial charge in [-0.2, -0.15) is 5.10 Å². The molecule has 0 spiro atoms. The first-order chi connectivity index (χ1) is 16.1. The molecule has 178 valence electrons. The number of halogens is 3. The molecule has 0 saturated carbocycles. The maximum Gasteiger partial charge on any atom is 0.264 e. The Morgan fingerprint density at radius 1 is 1.03 bits per heavy atom. The molecule has 3 aromatic carbocycles. The Morgan fingerprint density at radius 3 is 2.26 bits per heavy atom. The van der Waals surface area contributed by atoms with Gasteiger partial charge in [-0.05, 0) is 49.4 Å². The van der Waals surface area contributed by atoms with E-state index in [0.29, 0.717) is 21.4 Å². The number of anilines is 1. The summed E-state index contributed by atoms with van der Waals surface area (Å²) in [7, 11) is -2.67. The fourth-order valence-electron chi connectivity index (χ4n) is 2.93. The van der Waals surface area contributed by atoms with E-state index >= 15 is 0 Å². The fourth-order valence-corrected chi connectivity index (χ4v) is 5.09. The zero-order valence-electron chi connectivity index (χ0n) is 18.1. The first-order valence-corrected chi connectivity index (χ1v) is 12.4. The monoisotopic (exact) mass is 539 g/mol. The van der Waals surface area contributed by atoms with Gasteiger partial charge < -0.3 is 4.74 Å². The number of hydrogen-bond acceptors (Lipinski definition) is 5. The molecule has 0 radical (unpaired) electrons. The summed E-state index contributed by atoms with van der Waals surface area (Å²) < 4.78 is 32.9. The summed E-state index contributed by atoms with van der Waals surface area (Å²) in [6.07, 6.45) is 1.28. The van der Waals surface area contributed by atoms with Gasteiger partial charge in [-0.25, -0.2) is 13.8 Å². The highest BCUT2D eigenvalue weighted by Crippen LogP contribution is 2.32. The molecular weight excluding hydrogens is 521 g/mol. The topological polar surface area (TPSA) is 88.1 Å². The molecule has 0 aliphatic heterocycles. The zero-order valence-corrected chi connectivity index (χ0v) is 21.2. The second-order valence-corrected chi connectivity index (χ2v) is 10.2. The number of sulfonamides is 1. The van der Waals surface area contributed by atoms with Crippen molar-refractivity contribution in [3.63, 3.8) is 0 Å². The average Bonchev–Trinajstić information content (AvgIpc) is 2.79. The van der Waals surface area contributed by atoms with Crippen molar-refractivity contribution >= 4 is 62.6 Å². The molecule has 0 atom stereocenters. The molecule has 0 aliphatic carbocycles. The van der Waals surface area contributed by atoms with Crippen LogP contribution in [0.2, 0.25) is 15.1 Å². The van der Waals surface area contributed by atoms with Crippen LogP contribution in [-0.2, 0) is 14.8 Å². The highest BCUT2D eigenvalue weighted by Gasteiger charge is 2.27. The minimum atomic E-state index is -4.11. The zero-order chi connectivity index (χ0) is 24.9. The largest absolute Gasteiger partial charge is 0.495 e. The summed E-state index contributed by atoms with van der Waals surface area (Å²) in [4.78, 5) is 12.7. The molecule has 0 heterocycles. The van der Waals surface area contributed by atoms with Crippen molar-refractivity contribution in [1.29, 1.82) is 0 Å². The molecule has 1 N–H and O–H groups in total. The van der Waals surface area contributed by atoms with Crippen LogP contribution in [0, 0.1) is 6.92 Å². The van der Waals surface area contributed by atoms with Gasteiger partial charge in [0.05, 0.1) is 39.0 Å². The maximum atomic E-state index is 13.4. The van der Waals surface area contributed by atoms with Gasteiger partial charge in [-0.1, -0.05) is 58.6 Å². The van der Waals surface area contributed by atoms with E-state index in [2.05, 4.69) is 10.5 Å². The standard InChI is InChI=1S/C23H20Cl3N3O4S/c1-15-6-9-17(10-7-15)34(31,32)29(16-8-11-22(33-2)21(26)12-16)14-23(30)28-27-13-18-19(24)4-3-5-20(18)25/h3-13H,14H2,1-2H3,(H,28,30)/b27-13-. The second kappa shape index (κ2) is 11.1. The average molecular weight is 541 g/mol. The van der Waals surface area contributed by atoms with Gasteiger partial charge in [-0.15, -0.1) is 0 Å². The van der Waals surface area contributed by atoms with Crippen LogP contribution < -0.4 is 14.5 Å². The Balaban J connectivity index is 1.91. The van der Waals surface area contributed by atoms with Gasteiger partial charge in [0.15, 0.2) is 0 Å². The number of aryl methyl sites for hydroxylation is 1. The SMILES string of the molecule is COc1ccc(N(CC(=O)N/N=C\c2c(Cl)cccc2Cl)S(=O)(=O)c2ccc(C)cc2)cc1Cl. The van der Waals surface area contributed by atoms with Crippen molar-refractivity contribution in [2.75, 3.05) is 18.0 Å². The number of nitrogens with one attached hydrogen (secondary N) is 1. The van der Waals surface area contributed by atoms with E-state index in [-0.39, 0.29) is 15.6 Å². The molecule has 7 nitrogen and oxygen atoms in total. The predicted octanol–water partition coefficient (Wildman–Crippen LogP) is 5.31. The first-order valence-electron chi connectivity index (χ1n) is 9.82. The molecule has 0 saturated heterocycles. The molecule has 0 unspecified atom stereocenters. The molecule has 0 bridgehead atoms. The van der Waals surface area contributed by atoms with Gasteiger partial charge >= 0.3 is 0 Å². The van der Waals surface area contributed by atoms with Crippen molar-refractivity contribution < 1.29 is 17.9 Å². The van der Waals surface area contributed by atoms with Crippen LogP contribution in [0.5, 0.6) is 5.75 Å². The molecule has 1 amide bonds. The molecule has 0 fully saturated rings. The number of carbonyl (C=O) groups excluding carboxylic acids is 1. The number of hydrogen-bond donors (Lipinski definition) is 1. The lowest BCUT2D eigenvalue weighted by Crippen LogP contribution is -2.39. The number of carbonyl (C=O) groups is 1. The summed E-state index contributed by atoms with van der Waals surface area (Å²) in [5.41, 5.74) is 3.79. The third-order valence-electron chi connectivity index (χ3n) is 4.70. The Morgan fingerprint density at radius 2 is 1.68 bits per heavy atom. The highest BCUT2D eigenvalue weighted by molar-refractivity contribution is 7.92. The molecule has 11 heteroatoms. The smallest absolute Gasteiger partial charge is 0.264 e. The summed E-state index contributed by atoms with van der Waals surface area (Å²) >= 11 is 18.4. The van der Waals surface area contributed by atoms with E-state index < -0.39 is 22.5 Å². The summed E-state index contributed by atoms with van der Waals surface area (Å²) in [5.74, 6) is -0.328. The minimum absolute atomic E-state index is 0.0178. The highest BCUT2D eigenvalue weighted by atomic mass is 35.5. The van der Waals surface area contributed by atoms with E-state index in [0.717, 1.165) is 9.87 Å². The number of ether oxygens (including phenoxy) is 1. The van der Waals surface area contributed by atoms with Crippen molar-refractivity contribution in [2.45, 2.75) is 11.8 Å². The quantitative estimate of drug-likeness (QED) is 0.310. The van der Waals surface area contributed by atoms with Gasteiger partial charge in [0.25, 0.3) is 15.9 Å². The number of amides is 1. The number of nitrogens with zero attached hydrogens (tertiary/aromatic N) is 2. The van der Waals surface area contributed by atoms with E-state index in [1.165, 1.54) is 43.7 Å². The van der Waals surface area contributed by atoms with Crippen LogP contribution in [0.1, 0.15) is 11.1 Å². The summed E-state index contributed by atoms with van der Waals surface area (Å²) in [5, 5.41) is 4.75. The van der Waals surface area contributed by atoms with Gasteiger partial charge in [0, 0.05) is 5.56 Å². The maximum absolute atomic E-state index is 13.4. The van der Waals surface area contributed by atoms with Crippen LogP contribution >= 0.6 is 34.8 Å². The molecule has 3 aromatic rings. The Hall–Kier alpha value is -2.78. The number of benzene rings is 3. The van der Waals surface area contributed by atoms with E-state index in [1.54, 1.807) is 30.3 Å². The Kier molecular flexibility index (Phi) is 8.43. The molecule has 0 aliphatic rings. The van der Waals surface area contributed by atoms with Crippen LogP contribution in [-0.4, -0.2) is 34.2 Å². The van der Waals surface area contributed by atoms with Crippen molar-refractivity contribution in [2.24, 2.45) is 5.10 Å². The lowest BCUT2D eigenvalue weighted by molar-refractivity contribution is -0.119. The molecule has 0 aromatic heterocycles. The predicted molar refractivity (Wildman–Crippen MR) is 136 cm³/mol. The van der Waals surface area contributed by atoms with Gasteiger partial charge in [0.2, 0.25) is 0 Å². The lowest BCUT2D eigenvalue weighted by atomic mass is 10.2. The Bertz CT molecular complexity index is 1310. The second-order valence-electron chi connectivity index (χ2n) is 7.07. The van der Waals surface area contributed by atoms with Crippen LogP contribution in [0.4, 0.5) is 5.69 Å². The third kappa shape index (κ3) is 6.01. The van der Waals surface area contributed by atoms with E-state index in [9.17, 15) is 13.2 Å². The Labute approximate surface area is 212 Å². The van der Waals surface area contributed by atoms with E-state index in [1.807, 2.05) is 6.92 Å². The van der Waals surface area contributed by atoms with Crippen molar-refractivity contribution in [1.82, 2.24) is 5.43 Å². The number of hydrazone groups is 1. The van der Waals surface area contributed by atoms with Gasteiger partial charge in [-0.3, -0.25) is 9.10 Å². The normalized spacial score (nSPS) is 11.4. The number of methoxy groups -OCH3 is 1. The first kappa shape index (κ1) is 25.8. The van der Waals surface area contributed by atoms with Crippen LogP contribution in [0.3, 0.4) is 0 Å². The van der Waals surface area contributed by atoms with E-state index in [4.69, 9.17) is 39.5 Å². The molecule has 3 rings (SSSR count).